The summed E-state index contributed by atoms with van der Waals surface area (Å²) < 4.78 is 10.7. The highest BCUT2D eigenvalue weighted by atomic mass is 16.7. The van der Waals surface area contributed by atoms with Crippen LogP contribution in [0.25, 0.3) is 0 Å². The van der Waals surface area contributed by atoms with Gasteiger partial charge in [-0.05, 0) is 49.6 Å². The van der Waals surface area contributed by atoms with Gasteiger partial charge in [0.1, 0.15) is 6.04 Å². The molecule has 2 N–H and O–H groups in total. The Morgan fingerprint density at radius 1 is 0.964 bits per heavy atom. The number of amides is 2. The van der Waals surface area contributed by atoms with Crippen LogP contribution in [-0.2, 0) is 4.79 Å². The van der Waals surface area contributed by atoms with E-state index in [0.29, 0.717) is 17.1 Å². The molecule has 0 aromatic heterocycles. The average Bonchev–Trinajstić information content (AvgIpc) is 3.13. The standard InChI is InChI=1S/C22H26N2O4/c1-13(2)20(24-21(25)17-7-5-6-14(3)10-17)22(26)23-15(4)16-8-9-18-19(11-16)28-12-27-18/h5-11,13,15,20H,12H2,1-4H3,(H,23,26)(H,24,25)/t15-,20-/m0/s1. The fourth-order valence-electron chi connectivity index (χ4n) is 3.11. The third-order valence-electron chi connectivity index (χ3n) is 4.77. The Morgan fingerprint density at radius 3 is 2.43 bits per heavy atom. The molecule has 6 nitrogen and oxygen atoms in total. The quantitative estimate of drug-likeness (QED) is 0.803. The summed E-state index contributed by atoms with van der Waals surface area (Å²) in [5, 5.41) is 5.85. The van der Waals surface area contributed by atoms with Crippen molar-refractivity contribution in [3.63, 3.8) is 0 Å². The largest absolute Gasteiger partial charge is 0.454 e. The lowest BCUT2D eigenvalue weighted by Gasteiger charge is -2.24. The summed E-state index contributed by atoms with van der Waals surface area (Å²) in [6.07, 6.45) is 0. The van der Waals surface area contributed by atoms with E-state index in [4.69, 9.17) is 9.47 Å². The van der Waals surface area contributed by atoms with Gasteiger partial charge in [0.15, 0.2) is 11.5 Å². The lowest BCUT2D eigenvalue weighted by atomic mass is 10.0. The average molecular weight is 382 g/mol. The van der Waals surface area contributed by atoms with Gasteiger partial charge >= 0.3 is 0 Å². The van der Waals surface area contributed by atoms with E-state index >= 15 is 0 Å². The van der Waals surface area contributed by atoms with Crippen LogP contribution in [0, 0.1) is 12.8 Å². The van der Waals surface area contributed by atoms with Crippen molar-refractivity contribution in [3.8, 4) is 11.5 Å². The molecule has 0 spiro atoms. The first kappa shape index (κ1) is 19.7. The molecule has 1 aliphatic rings. The van der Waals surface area contributed by atoms with Crippen molar-refractivity contribution in [2.75, 3.05) is 6.79 Å². The van der Waals surface area contributed by atoms with Gasteiger partial charge in [-0.15, -0.1) is 0 Å². The normalized spacial score (nSPS) is 14.5. The minimum atomic E-state index is -0.635. The van der Waals surface area contributed by atoms with Crippen molar-refractivity contribution < 1.29 is 19.1 Å². The van der Waals surface area contributed by atoms with E-state index < -0.39 is 6.04 Å². The van der Waals surface area contributed by atoms with Gasteiger partial charge < -0.3 is 20.1 Å². The highest BCUT2D eigenvalue weighted by Crippen LogP contribution is 2.34. The van der Waals surface area contributed by atoms with E-state index in [1.165, 1.54) is 0 Å². The van der Waals surface area contributed by atoms with Gasteiger partial charge in [0.25, 0.3) is 5.91 Å². The molecule has 2 amide bonds. The van der Waals surface area contributed by atoms with Gasteiger partial charge in [0.05, 0.1) is 6.04 Å². The molecule has 148 valence electrons. The lowest BCUT2D eigenvalue weighted by Crippen LogP contribution is -2.50. The molecule has 0 bridgehead atoms. The molecular weight excluding hydrogens is 356 g/mol. The number of hydrogen-bond donors (Lipinski definition) is 2. The molecule has 0 saturated carbocycles. The van der Waals surface area contributed by atoms with E-state index in [0.717, 1.165) is 11.1 Å². The maximum absolute atomic E-state index is 12.9. The Bertz CT molecular complexity index is 879. The summed E-state index contributed by atoms with van der Waals surface area (Å²) in [5.74, 6) is 0.840. The Morgan fingerprint density at radius 2 is 1.71 bits per heavy atom. The second-order valence-electron chi connectivity index (χ2n) is 7.41. The predicted molar refractivity (Wildman–Crippen MR) is 106 cm³/mol. The first-order valence-electron chi connectivity index (χ1n) is 9.42. The Balaban J connectivity index is 1.68. The zero-order valence-corrected chi connectivity index (χ0v) is 16.6. The fraction of sp³-hybridized carbons (Fsp3) is 0.364. The Hall–Kier alpha value is -3.02. The second kappa shape index (κ2) is 8.33. The van der Waals surface area contributed by atoms with Crippen molar-refractivity contribution >= 4 is 11.8 Å². The van der Waals surface area contributed by atoms with Gasteiger partial charge in [-0.1, -0.05) is 37.6 Å². The monoisotopic (exact) mass is 382 g/mol. The fourth-order valence-corrected chi connectivity index (χ4v) is 3.11. The van der Waals surface area contributed by atoms with Crippen LogP contribution in [0.5, 0.6) is 11.5 Å². The summed E-state index contributed by atoms with van der Waals surface area (Å²) in [4.78, 5) is 25.4. The number of carbonyl (C=O) groups is 2. The van der Waals surface area contributed by atoms with Crippen molar-refractivity contribution in [2.24, 2.45) is 5.92 Å². The summed E-state index contributed by atoms with van der Waals surface area (Å²) in [5.41, 5.74) is 2.45. The molecule has 0 unspecified atom stereocenters. The van der Waals surface area contributed by atoms with E-state index in [2.05, 4.69) is 10.6 Å². The minimum absolute atomic E-state index is 0.0577. The van der Waals surface area contributed by atoms with E-state index in [1.54, 1.807) is 12.1 Å². The highest BCUT2D eigenvalue weighted by Gasteiger charge is 2.26. The second-order valence-corrected chi connectivity index (χ2v) is 7.41. The molecule has 1 aliphatic heterocycles. The van der Waals surface area contributed by atoms with E-state index in [-0.39, 0.29) is 30.6 Å². The molecule has 6 heteroatoms. The number of ether oxygens (including phenoxy) is 2. The molecule has 2 atom stereocenters. The highest BCUT2D eigenvalue weighted by molar-refractivity contribution is 5.97. The van der Waals surface area contributed by atoms with Gasteiger partial charge in [0.2, 0.25) is 12.7 Å². The van der Waals surface area contributed by atoms with Crippen LogP contribution in [0.15, 0.2) is 42.5 Å². The topological polar surface area (TPSA) is 76.7 Å². The van der Waals surface area contributed by atoms with E-state index in [9.17, 15) is 9.59 Å². The van der Waals surface area contributed by atoms with Crippen LogP contribution in [0.4, 0.5) is 0 Å². The molecular formula is C22H26N2O4. The number of benzene rings is 2. The molecule has 0 radical (unpaired) electrons. The maximum Gasteiger partial charge on any atom is 0.251 e. The zero-order valence-electron chi connectivity index (χ0n) is 16.6. The summed E-state index contributed by atoms with van der Waals surface area (Å²) >= 11 is 0. The minimum Gasteiger partial charge on any atom is -0.454 e. The summed E-state index contributed by atoms with van der Waals surface area (Å²) in [7, 11) is 0. The zero-order chi connectivity index (χ0) is 20.3. The van der Waals surface area contributed by atoms with Crippen molar-refractivity contribution in [2.45, 2.75) is 39.8 Å². The van der Waals surface area contributed by atoms with Crippen LogP contribution in [-0.4, -0.2) is 24.6 Å². The molecule has 1 heterocycles. The van der Waals surface area contributed by atoms with Gasteiger partial charge in [-0.25, -0.2) is 0 Å². The van der Waals surface area contributed by atoms with Crippen molar-refractivity contribution in [1.29, 1.82) is 0 Å². The van der Waals surface area contributed by atoms with Crippen LogP contribution in [0.2, 0.25) is 0 Å². The summed E-state index contributed by atoms with van der Waals surface area (Å²) in [6, 6.07) is 12.0. The number of fused-ring (bicyclic) bond motifs is 1. The molecule has 0 saturated heterocycles. The first-order valence-corrected chi connectivity index (χ1v) is 9.42. The number of hydrogen-bond acceptors (Lipinski definition) is 4. The van der Waals surface area contributed by atoms with Crippen LogP contribution in [0.3, 0.4) is 0 Å². The molecule has 3 rings (SSSR count). The Kier molecular flexibility index (Phi) is 5.87. The molecule has 0 aliphatic carbocycles. The van der Waals surface area contributed by atoms with Crippen molar-refractivity contribution in [1.82, 2.24) is 10.6 Å². The first-order chi connectivity index (χ1) is 13.3. The predicted octanol–water partition coefficient (Wildman–Crippen LogP) is 3.36. The SMILES string of the molecule is Cc1cccc(C(=O)N[C@H](C(=O)N[C@@H](C)c2ccc3c(c2)OCO3)C(C)C)c1. The number of carbonyl (C=O) groups excluding carboxylic acids is 2. The number of rotatable bonds is 6. The van der Waals surface area contributed by atoms with Gasteiger partial charge in [0, 0.05) is 5.56 Å². The van der Waals surface area contributed by atoms with Crippen molar-refractivity contribution in [3.05, 3.63) is 59.2 Å². The molecule has 2 aromatic carbocycles. The third kappa shape index (κ3) is 4.44. The van der Waals surface area contributed by atoms with Gasteiger partial charge in [-0.2, -0.15) is 0 Å². The number of aryl methyl sites for hydroxylation is 1. The number of nitrogens with one attached hydrogen (secondary N) is 2. The van der Waals surface area contributed by atoms with Crippen LogP contribution in [0.1, 0.15) is 48.3 Å². The molecule has 0 fully saturated rings. The van der Waals surface area contributed by atoms with Crippen LogP contribution < -0.4 is 20.1 Å². The Labute approximate surface area is 165 Å². The summed E-state index contributed by atoms with van der Waals surface area (Å²) in [6.45, 7) is 7.85. The van der Waals surface area contributed by atoms with Gasteiger partial charge in [-0.3, -0.25) is 9.59 Å². The molecule has 2 aromatic rings. The maximum atomic E-state index is 12.9. The molecule has 28 heavy (non-hydrogen) atoms. The lowest BCUT2D eigenvalue weighted by molar-refractivity contribution is -0.124. The third-order valence-corrected chi connectivity index (χ3v) is 4.77. The van der Waals surface area contributed by atoms with Crippen LogP contribution >= 0.6 is 0 Å². The van der Waals surface area contributed by atoms with E-state index in [1.807, 2.05) is 58.0 Å². The smallest absolute Gasteiger partial charge is 0.251 e.